The molecule has 5 heteroatoms. The number of pyridine rings is 1. The van der Waals surface area contributed by atoms with Gasteiger partial charge in [0.05, 0.1) is 0 Å². The van der Waals surface area contributed by atoms with Crippen LogP contribution in [0.4, 0.5) is 0 Å². The van der Waals surface area contributed by atoms with E-state index in [2.05, 4.69) is 56.8 Å². The third-order valence-corrected chi connectivity index (χ3v) is 6.27. The fourth-order valence-corrected chi connectivity index (χ4v) is 4.72. The fourth-order valence-electron chi connectivity index (χ4n) is 3.96. The van der Waals surface area contributed by atoms with Gasteiger partial charge >= 0.3 is 0 Å². The number of hydrogen-bond acceptors (Lipinski definition) is 3. The van der Waals surface area contributed by atoms with Crippen molar-refractivity contribution in [2.24, 2.45) is 0 Å². The second-order valence-corrected chi connectivity index (χ2v) is 8.18. The zero-order valence-electron chi connectivity index (χ0n) is 14.9. The number of fused-ring (bicyclic) bond motifs is 1. The molecule has 1 N–H and O–H groups in total. The number of amides is 1. The van der Waals surface area contributed by atoms with Crippen LogP contribution in [0.25, 0.3) is 11.4 Å². The van der Waals surface area contributed by atoms with E-state index in [0.29, 0.717) is 18.5 Å². The molecule has 1 amide bonds. The predicted molar refractivity (Wildman–Crippen MR) is 106 cm³/mol. The maximum absolute atomic E-state index is 12.2. The van der Waals surface area contributed by atoms with E-state index in [1.54, 1.807) is 11.3 Å². The monoisotopic (exact) mass is 367 g/mol. The number of nitrogens with one attached hydrogen (secondary N) is 1. The van der Waals surface area contributed by atoms with Gasteiger partial charge in [-0.3, -0.25) is 4.79 Å². The summed E-state index contributed by atoms with van der Waals surface area (Å²) < 4.78 is 2.31. The van der Waals surface area contributed by atoms with Crippen LogP contribution in [0.5, 0.6) is 0 Å². The summed E-state index contributed by atoms with van der Waals surface area (Å²) in [6.45, 7) is 0. The second-order valence-electron chi connectivity index (χ2n) is 7.15. The molecule has 0 saturated heterocycles. The van der Waals surface area contributed by atoms with Crippen molar-refractivity contribution >= 4 is 17.2 Å². The average Bonchev–Trinajstić information content (AvgIpc) is 3.33. The van der Waals surface area contributed by atoms with Gasteiger partial charge in [-0.2, -0.15) is 0 Å². The number of rotatable bonds is 6. The number of thiophene rings is 1. The maximum atomic E-state index is 12.2. The highest BCUT2D eigenvalue weighted by Gasteiger charge is 2.25. The Morgan fingerprint density at radius 2 is 2.08 bits per heavy atom. The Kier molecular flexibility index (Phi) is 5.34. The van der Waals surface area contributed by atoms with Crippen molar-refractivity contribution in [2.75, 3.05) is 0 Å². The topological polar surface area (TPSA) is 46.9 Å². The van der Waals surface area contributed by atoms with Gasteiger partial charge in [-0.25, -0.2) is 4.98 Å². The Morgan fingerprint density at radius 1 is 1.19 bits per heavy atom. The highest BCUT2D eigenvalue weighted by molar-refractivity contribution is 7.09. The molecule has 4 nitrogen and oxygen atoms in total. The van der Waals surface area contributed by atoms with Crippen molar-refractivity contribution in [3.05, 3.63) is 53.0 Å². The highest BCUT2D eigenvalue weighted by Crippen LogP contribution is 2.32. The molecule has 1 saturated carbocycles. The molecule has 0 spiro atoms. The van der Waals surface area contributed by atoms with E-state index >= 15 is 0 Å². The SMILES string of the molecule is O=C(CCCc1cccs1)NC1CCC(n2cccc3ccnc2-3)CC1. The zero-order valence-corrected chi connectivity index (χ0v) is 15.8. The second kappa shape index (κ2) is 8.04. The summed E-state index contributed by atoms with van der Waals surface area (Å²) >= 11 is 1.77. The van der Waals surface area contributed by atoms with E-state index in [1.807, 2.05) is 6.20 Å². The average molecular weight is 368 g/mol. The number of hydrogen-bond donors (Lipinski definition) is 1. The van der Waals surface area contributed by atoms with Crippen LogP contribution in [0.3, 0.4) is 0 Å². The number of carbonyl (C=O) groups excluding carboxylic acids is 1. The van der Waals surface area contributed by atoms with Crippen LogP contribution >= 0.6 is 11.3 Å². The molecule has 3 heterocycles. The van der Waals surface area contributed by atoms with Gasteiger partial charge in [0.15, 0.2) is 0 Å². The molecular formula is C21H25N3OS. The van der Waals surface area contributed by atoms with Gasteiger partial charge in [-0.15, -0.1) is 11.3 Å². The maximum Gasteiger partial charge on any atom is 0.220 e. The first-order chi connectivity index (χ1) is 12.8. The molecule has 0 radical (unpaired) electrons. The van der Waals surface area contributed by atoms with Crippen LogP contribution in [-0.4, -0.2) is 21.5 Å². The lowest BCUT2D eigenvalue weighted by Crippen LogP contribution is -2.38. The van der Waals surface area contributed by atoms with Crippen LogP contribution < -0.4 is 5.32 Å². The lowest BCUT2D eigenvalue weighted by Gasteiger charge is -2.31. The summed E-state index contributed by atoms with van der Waals surface area (Å²) in [4.78, 5) is 18.1. The van der Waals surface area contributed by atoms with E-state index in [0.717, 1.165) is 44.3 Å². The van der Waals surface area contributed by atoms with Gasteiger partial charge in [0.2, 0.25) is 5.91 Å². The molecule has 3 aliphatic rings. The van der Waals surface area contributed by atoms with E-state index in [9.17, 15) is 4.79 Å². The molecule has 1 aromatic rings. The molecular weight excluding hydrogens is 342 g/mol. The van der Waals surface area contributed by atoms with E-state index in [-0.39, 0.29) is 5.91 Å². The first-order valence-electron chi connectivity index (χ1n) is 9.53. The Balaban J connectivity index is 1.23. The predicted octanol–water partition coefficient (Wildman–Crippen LogP) is 4.67. The first-order valence-corrected chi connectivity index (χ1v) is 10.4. The van der Waals surface area contributed by atoms with Crippen LogP contribution in [0, 0.1) is 0 Å². The molecule has 0 atom stereocenters. The summed E-state index contributed by atoms with van der Waals surface area (Å²) in [7, 11) is 0. The Labute approximate surface area is 158 Å². The van der Waals surface area contributed by atoms with Crippen molar-refractivity contribution in [1.29, 1.82) is 0 Å². The molecule has 4 rings (SSSR count). The molecule has 2 aliphatic heterocycles. The van der Waals surface area contributed by atoms with Crippen molar-refractivity contribution in [3.63, 3.8) is 0 Å². The lowest BCUT2D eigenvalue weighted by molar-refractivity contribution is -0.122. The van der Waals surface area contributed by atoms with E-state index in [1.165, 1.54) is 10.4 Å². The number of carbonyl (C=O) groups is 1. The Morgan fingerprint density at radius 3 is 2.88 bits per heavy atom. The summed E-state index contributed by atoms with van der Waals surface area (Å²) in [6.07, 6.45) is 10.9. The summed E-state index contributed by atoms with van der Waals surface area (Å²) in [5, 5.41) is 5.34. The Hall–Kier alpha value is -2.14. The quantitative estimate of drug-likeness (QED) is 0.688. The molecule has 1 aromatic heterocycles. The smallest absolute Gasteiger partial charge is 0.220 e. The van der Waals surface area contributed by atoms with Gasteiger partial charge in [0.25, 0.3) is 0 Å². The van der Waals surface area contributed by atoms with Crippen molar-refractivity contribution in [3.8, 4) is 11.4 Å². The molecule has 136 valence electrons. The minimum atomic E-state index is 0.206. The molecule has 0 bridgehead atoms. The van der Waals surface area contributed by atoms with Crippen LogP contribution in [0.2, 0.25) is 0 Å². The third kappa shape index (κ3) is 3.98. The first kappa shape index (κ1) is 17.3. The minimum Gasteiger partial charge on any atom is -0.353 e. The van der Waals surface area contributed by atoms with Crippen molar-refractivity contribution in [1.82, 2.24) is 14.9 Å². The van der Waals surface area contributed by atoms with Gasteiger partial charge in [-0.1, -0.05) is 6.07 Å². The van der Waals surface area contributed by atoms with E-state index in [4.69, 9.17) is 0 Å². The lowest BCUT2D eigenvalue weighted by atomic mass is 9.90. The molecule has 1 aliphatic carbocycles. The number of aromatic nitrogens is 2. The standard InChI is InChI=1S/C21H25N3OS/c25-20(7-1-5-19-6-3-15-26-19)23-17-8-10-18(11-9-17)24-14-2-4-16-12-13-22-21(16)24/h2-4,6,12-15,17-18H,1,5,7-11H2,(H,23,25). The van der Waals surface area contributed by atoms with Crippen molar-refractivity contribution < 1.29 is 4.79 Å². The Bertz CT molecular complexity index is 802. The van der Waals surface area contributed by atoms with Gasteiger partial charge in [0, 0.05) is 41.3 Å². The van der Waals surface area contributed by atoms with Gasteiger partial charge in [0.1, 0.15) is 5.82 Å². The summed E-state index contributed by atoms with van der Waals surface area (Å²) in [6, 6.07) is 11.3. The molecule has 0 unspecified atom stereocenters. The normalized spacial score (nSPS) is 20.3. The molecule has 26 heavy (non-hydrogen) atoms. The zero-order chi connectivity index (χ0) is 17.8. The largest absolute Gasteiger partial charge is 0.353 e. The van der Waals surface area contributed by atoms with Crippen molar-refractivity contribution in [2.45, 2.75) is 57.0 Å². The van der Waals surface area contributed by atoms with E-state index < -0.39 is 0 Å². The van der Waals surface area contributed by atoms with Crippen LogP contribution in [0.15, 0.2) is 48.1 Å². The summed E-state index contributed by atoms with van der Waals surface area (Å²) in [5.41, 5.74) is 1.20. The molecule has 0 aromatic carbocycles. The number of nitrogens with zero attached hydrogens (tertiary/aromatic N) is 2. The number of aryl methyl sites for hydroxylation is 1. The van der Waals surface area contributed by atoms with Crippen LogP contribution in [-0.2, 0) is 11.2 Å². The van der Waals surface area contributed by atoms with Gasteiger partial charge < -0.3 is 9.88 Å². The van der Waals surface area contributed by atoms with Crippen LogP contribution in [0.1, 0.15) is 49.4 Å². The van der Waals surface area contributed by atoms with Gasteiger partial charge in [-0.05, 0) is 68.2 Å². The summed E-state index contributed by atoms with van der Waals surface area (Å²) in [5.74, 6) is 1.28. The minimum absolute atomic E-state index is 0.206. The fraction of sp³-hybridized carbons (Fsp3) is 0.429. The third-order valence-electron chi connectivity index (χ3n) is 5.34. The highest BCUT2D eigenvalue weighted by atomic mass is 32.1. The molecule has 1 fully saturated rings.